The quantitative estimate of drug-likeness (QED) is 0.721. The molecule has 0 atom stereocenters. The van der Waals surface area contributed by atoms with E-state index in [9.17, 15) is 0 Å². The summed E-state index contributed by atoms with van der Waals surface area (Å²) in [5, 5.41) is 8.86. The van der Waals surface area contributed by atoms with E-state index in [1.807, 2.05) is 44.3 Å². The third-order valence-electron chi connectivity index (χ3n) is 2.08. The summed E-state index contributed by atoms with van der Waals surface area (Å²) in [6.07, 6.45) is 3.72. The van der Waals surface area contributed by atoms with Crippen LogP contribution in [0, 0.1) is 11.3 Å². The molecule has 0 saturated heterocycles. The van der Waals surface area contributed by atoms with Gasteiger partial charge in [0.15, 0.2) is 0 Å². The fraction of sp³-hybridized carbons (Fsp3) is 0.444. The van der Waals surface area contributed by atoms with E-state index in [0.29, 0.717) is 0 Å². The highest BCUT2D eigenvalue weighted by atomic mass is 15.2. The predicted molar refractivity (Wildman–Crippen MR) is 48.9 cm³/mol. The van der Waals surface area contributed by atoms with Gasteiger partial charge < -0.3 is 9.88 Å². The van der Waals surface area contributed by atoms with Crippen molar-refractivity contribution in [2.75, 3.05) is 11.9 Å². The Balaban J connectivity index is 2.87. The lowest BCUT2D eigenvalue weighted by atomic mass is 10.1. The van der Waals surface area contributed by atoms with Crippen LogP contribution >= 0.6 is 0 Å². The molecular formula is C9H13N3. The molecule has 0 unspecified atom stereocenters. The van der Waals surface area contributed by atoms with Gasteiger partial charge in [-0.2, -0.15) is 5.26 Å². The Bertz CT molecular complexity index is 279. The molecule has 1 rings (SSSR count). The van der Waals surface area contributed by atoms with Crippen LogP contribution in [-0.4, -0.2) is 17.6 Å². The molecule has 3 nitrogen and oxygen atoms in total. The summed E-state index contributed by atoms with van der Waals surface area (Å²) in [6.45, 7) is 3.78. The highest BCUT2D eigenvalue weighted by molar-refractivity contribution is 5.47. The number of aromatic nitrogens is 1. The number of H-pyrrole nitrogens is 1. The van der Waals surface area contributed by atoms with Crippen molar-refractivity contribution >= 4 is 5.69 Å². The highest BCUT2D eigenvalue weighted by Gasteiger charge is 2.22. The maximum Gasteiger partial charge on any atom is 0.121 e. The minimum absolute atomic E-state index is 0.456. The zero-order valence-electron chi connectivity index (χ0n) is 7.63. The molecule has 3 heteroatoms. The van der Waals surface area contributed by atoms with Gasteiger partial charge in [0.2, 0.25) is 0 Å². The lowest BCUT2D eigenvalue weighted by Crippen LogP contribution is -2.39. The van der Waals surface area contributed by atoms with Crippen molar-refractivity contribution in [3.63, 3.8) is 0 Å². The second-order valence-corrected chi connectivity index (χ2v) is 3.30. The van der Waals surface area contributed by atoms with E-state index in [4.69, 9.17) is 5.26 Å². The lowest BCUT2D eigenvalue weighted by molar-refractivity contribution is 0.617. The molecule has 0 aliphatic carbocycles. The molecule has 1 aromatic rings. The van der Waals surface area contributed by atoms with Gasteiger partial charge >= 0.3 is 0 Å². The van der Waals surface area contributed by atoms with Crippen LogP contribution < -0.4 is 4.90 Å². The molecule has 0 spiro atoms. The molecule has 0 aliphatic heterocycles. The van der Waals surface area contributed by atoms with Gasteiger partial charge in [0.1, 0.15) is 5.54 Å². The summed E-state index contributed by atoms with van der Waals surface area (Å²) in [4.78, 5) is 4.89. The van der Waals surface area contributed by atoms with Crippen molar-refractivity contribution in [2.24, 2.45) is 0 Å². The zero-order valence-corrected chi connectivity index (χ0v) is 7.63. The first-order valence-electron chi connectivity index (χ1n) is 3.86. The molecule has 12 heavy (non-hydrogen) atoms. The number of nitrogens with zero attached hydrogens (tertiary/aromatic N) is 2. The normalized spacial score (nSPS) is 10.8. The van der Waals surface area contributed by atoms with Gasteiger partial charge in [0.05, 0.1) is 11.8 Å². The zero-order chi connectivity index (χ0) is 9.19. The number of nitriles is 1. The Labute approximate surface area is 72.6 Å². The summed E-state index contributed by atoms with van der Waals surface area (Å²) in [7, 11) is 1.91. The molecule has 1 N–H and O–H groups in total. The van der Waals surface area contributed by atoms with E-state index in [1.165, 1.54) is 0 Å². The number of rotatable bonds is 2. The van der Waals surface area contributed by atoms with Crippen molar-refractivity contribution in [1.82, 2.24) is 4.98 Å². The van der Waals surface area contributed by atoms with Crippen LogP contribution in [-0.2, 0) is 0 Å². The van der Waals surface area contributed by atoms with Crippen molar-refractivity contribution in [3.05, 3.63) is 18.5 Å². The Kier molecular flexibility index (Phi) is 2.09. The maximum absolute atomic E-state index is 8.86. The first-order valence-corrected chi connectivity index (χ1v) is 3.86. The third-order valence-corrected chi connectivity index (χ3v) is 2.08. The standard InChI is InChI=1S/C9H13N3/c1-9(2,7-10)12(3)8-4-5-11-6-8/h4-6,11H,1-3H3. The monoisotopic (exact) mass is 163 g/mol. The number of aromatic amines is 1. The van der Waals surface area contributed by atoms with E-state index in [-0.39, 0.29) is 0 Å². The summed E-state index contributed by atoms with van der Waals surface area (Å²) in [5.41, 5.74) is 0.573. The molecule has 0 amide bonds. The first-order chi connectivity index (χ1) is 5.58. The van der Waals surface area contributed by atoms with Crippen LogP contribution in [0.25, 0.3) is 0 Å². The average molecular weight is 163 g/mol. The van der Waals surface area contributed by atoms with Crippen LogP contribution in [0.1, 0.15) is 13.8 Å². The second-order valence-electron chi connectivity index (χ2n) is 3.30. The highest BCUT2D eigenvalue weighted by Crippen LogP contribution is 2.20. The van der Waals surface area contributed by atoms with Crippen LogP contribution in [0.2, 0.25) is 0 Å². The van der Waals surface area contributed by atoms with Gasteiger partial charge in [0, 0.05) is 19.4 Å². The summed E-state index contributed by atoms with van der Waals surface area (Å²) < 4.78 is 0. The molecule has 0 fully saturated rings. The first kappa shape index (κ1) is 8.66. The van der Waals surface area contributed by atoms with Crippen LogP contribution in [0.3, 0.4) is 0 Å². The fourth-order valence-electron chi connectivity index (χ4n) is 0.921. The number of hydrogen-bond donors (Lipinski definition) is 1. The Morgan fingerprint density at radius 3 is 2.67 bits per heavy atom. The molecule has 0 saturated carbocycles. The smallest absolute Gasteiger partial charge is 0.121 e. The Morgan fingerprint density at radius 2 is 2.25 bits per heavy atom. The second kappa shape index (κ2) is 2.90. The minimum atomic E-state index is -0.456. The largest absolute Gasteiger partial charge is 0.366 e. The van der Waals surface area contributed by atoms with Gasteiger partial charge in [-0.1, -0.05) is 0 Å². The predicted octanol–water partition coefficient (Wildman–Crippen LogP) is 1.75. The molecule has 1 heterocycles. The van der Waals surface area contributed by atoms with Crippen LogP contribution in [0.15, 0.2) is 18.5 Å². The van der Waals surface area contributed by atoms with Gasteiger partial charge in [-0.25, -0.2) is 0 Å². The Hall–Kier alpha value is -1.43. The fourth-order valence-corrected chi connectivity index (χ4v) is 0.921. The van der Waals surface area contributed by atoms with Crippen LogP contribution in [0.5, 0.6) is 0 Å². The molecule has 64 valence electrons. The maximum atomic E-state index is 8.86. The third kappa shape index (κ3) is 1.42. The van der Waals surface area contributed by atoms with Gasteiger partial charge in [-0.15, -0.1) is 0 Å². The van der Waals surface area contributed by atoms with E-state index in [0.717, 1.165) is 5.69 Å². The minimum Gasteiger partial charge on any atom is -0.366 e. The van der Waals surface area contributed by atoms with Gasteiger partial charge in [0.25, 0.3) is 0 Å². The summed E-state index contributed by atoms with van der Waals surface area (Å²) in [5.74, 6) is 0. The molecule has 0 radical (unpaired) electrons. The van der Waals surface area contributed by atoms with E-state index < -0.39 is 5.54 Å². The molecule has 0 aliphatic rings. The molecule has 0 aromatic carbocycles. The summed E-state index contributed by atoms with van der Waals surface area (Å²) >= 11 is 0. The topological polar surface area (TPSA) is 42.8 Å². The van der Waals surface area contributed by atoms with Gasteiger partial charge in [-0.3, -0.25) is 0 Å². The number of nitrogens with one attached hydrogen (secondary N) is 1. The molecule has 0 bridgehead atoms. The van der Waals surface area contributed by atoms with Crippen molar-refractivity contribution in [1.29, 1.82) is 5.26 Å². The van der Waals surface area contributed by atoms with Crippen molar-refractivity contribution in [3.8, 4) is 6.07 Å². The molecule has 1 aromatic heterocycles. The number of anilines is 1. The molecular weight excluding hydrogens is 150 g/mol. The van der Waals surface area contributed by atoms with Crippen LogP contribution in [0.4, 0.5) is 5.69 Å². The van der Waals surface area contributed by atoms with Crippen molar-refractivity contribution in [2.45, 2.75) is 19.4 Å². The van der Waals surface area contributed by atoms with E-state index in [1.54, 1.807) is 0 Å². The lowest BCUT2D eigenvalue weighted by Gasteiger charge is -2.29. The van der Waals surface area contributed by atoms with Crippen molar-refractivity contribution < 1.29 is 0 Å². The summed E-state index contributed by atoms with van der Waals surface area (Å²) in [6, 6.07) is 4.18. The average Bonchev–Trinajstić information content (AvgIpc) is 2.55. The Morgan fingerprint density at radius 1 is 1.58 bits per heavy atom. The van der Waals surface area contributed by atoms with Gasteiger partial charge in [-0.05, 0) is 19.9 Å². The van der Waals surface area contributed by atoms with E-state index >= 15 is 0 Å². The SMILES string of the molecule is CN(c1cc[nH]c1)C(C)(C)C#N. The van der Waals surface area contributed by atoms with E-state index in [2.05, 4.69) is 11.1 Å². The number of hydrogen-bond acceptors (Lipinski definition) is 2.